The normalized spacial score (nSPS) is 25.4. The number of amides is 1. The van der Waals surface area contributed by atoms with Gasteiger partial charge in [0.1, 0.15) is 0 Å². The Hall–Kier alpha value is -0.610. The summed E-state index contributed by atoms with van der Waals surface area (Å²) >= 11 is 0. The molecule has 0 spiro atoms. The number of hydrogen-bond donors (Lipinski definition) is 1. The van der Waals surface area contributed by atoms with Crippen molar-refractivity contribution in [3.63, 3.8) is 0 Å². The molecule has 1 saturated carbocycles. The van der Waals surface area contributed by atoms with Crippen LogP contribution in [0.3, 0.4) is 0 Å². The first-order valence-corrected chi connectivity index (χ1v) is 6.23. The van der Waals surface area contributed by atoms with Crippen LogP contribution in [0.4, 0.5) is 0 Å². The molecule has 1 fully saturated rings. The average Bonchev–Trinajstić information content (AvgIpc) is 2.30. The number of carbonyl (C=O) groups excluding carboxylic acids is 1. The molecule has 4 heteroatoms. The minimum Gasteiger partial charge on any atom is -0.384 e. The van der Waals surface area contributed by atoms with Crippen molar-refractivity contribution in [3.8, 4) is 0 Å². The van der Waals surface area contributed by atoms with Gasteiger partial charge in [0.2, 0.25) is 5.91 Å². The smallest absolute Gasteiger partial charge is 0.225 e. The first kappa shape index (κ1) is 13.5. The largest absolute Gasteiger partial charge is 0.384 e. The fraction of sp³-hybridized carbons (Fsp3) is 0.917. The number of nitrogens with two attached hydrogens (primary N) is 1. The molecule has 16 heavy (non-hydrogen) atoms. The molecule has 0 atom stereocenters. The van der Waals surface area contributed by atoms with E-state index in [-0.39, 0.29) is 5.91 Å². The monoisotopic (exact) mass is 228 g/mol. The zero-order valence-corrected chi connectivity index (χ0v) is 10.4. The molecule has 0 aromatic carbocycles. The summed E-state index contributed by atoms with van der Waals surface area (Å²) in [7, 11) is 1.63. The maximum atomic E-state index is 11.9. The molecule has 1 aliphatic carbocycles. The van der Waals surface area contributed by atoms with Crippen molar-refractivity contribution in [2.24, 2.45) is 5.73 Å². The van der Waals surface area contributed by atoms with Crippen LogP contribution >= 0.6 is 0 Å². The second-order valence-corrected chi connectivity index (χ2v) is 4.49. The Kier molecular flexibility index (Phi) is 5.77. The molecule has 1 amide bonds. The Bertz CT molecular complexity index is 213. The molecule has 1 rings (SSSR count). The molecule has 0 radical (unpaired) electrons. The number of rotatable bonds is 5. The van der Waals surface area contributed by atoms with E-state index in [1.165, 1.54) is 0 Å². The van der Waals surface area contributed by atoms with E-state index in [1.807, 2.05) is 11.8 Å². The molecule has 0 aliphatic heterocycles. The van der Waals surface area contributed by atoms with Crippen molar-refractivity contribution in [1.29, 1.82) is 0 Å². The van der Waals surface area contributed by atoms with Crippen molar-refractivity contribution in [2.75, 3.05) is 20.3 Å². The van der Waals surface area contributed by atoms with Gasteiger partial charge in [-0.1, -0.05) is 0 Å². The molecular weight excluding hydrogens is 204 g/mol. The Morgan fingerprint density at radius 1 is 1.38 bits per heavy atom. The molecule has 2 N–H and O–H groups in total. The first-order chi connectivity index (χ1) is 7.69. The van der Waals surface area contributed by atoms with E-state index in [2.05, 4.69) is 0 Å². The van der Waals surface area contributed by atoms with Gasteiger partial charge in [0.25, 0.3) is 0 Å². The molecule has 94 valence electrons. The molecule has 0 aromatic rings. The lowest BCUT2D eigenvalue weighted by Crippen LogP contribution is -2.44. The fourth-order valence-electron chi connectivity index (χ4n) is 2.38. The topological polar surface area (TPSA) is 55.6 Å². The van der Waals surface area contributed by atoms with Gasteiger partial charge in [0.05, 0.1) is 13.0 Å². The highest BCUT2D eigenvalue weighted by Crippen LogP contribution is 2.22. The third-order valence-electron chi connectivity index (χ3n) is 3.36. The van der Waals surface area contributed by atoms with Crippen LogP contribution in [0.5, 0.6) is 0 Å². The van der Waals surface area contributed by atoms with Crippen LogP contribution in [-0.4, -0.2) is 43.2 Å². The van der Waals surface area contributed by atoms with E-state index in [0.717, 1.165) is 32.2 Å². The molecule has 1 aliphatic rings. The van der Waals surface area contributed by atoms with Crippen molar-refractivity contribution in [2.45, 2.75) is 51.1 Å². The van der Waals surface area contributed by atoms with Crippen LogP contribution in [0.2, 0.25) is 0 Å². The van der Waals surface area contributed by atoms with Crippen LogP contribution in [0.1, 0.15) is 39.0 Å². The van der Waals surface area contributed by atoms with Crippen molar-refractivity contribution >= 4 is 5.91 Å². The molecule has 0 aromatic heterocycles. The summed E-state index contributed by atoms with van der Waals surface area (Å²) in [4.78, 5) is 13.9. The van der Waals surface area contributed by atoms with Crippen molar-refractivity contribution in [1.82, 2.24) is 4.90 Å². The number of hydrogen-bond acceptors (Lipinski definition) is 3. The van der Waals surface area contributed by atoms with Gasteiger partial charge in [-0.25, -0.2) is 0 Å². The Balaban J connectivity index is 2.43. The summed E-state index contributed by atoms with van der Waals surface area (Å²) < 4.78 is 4.94. The summed E-state index contributed by atoms with van der Waals surface area (Å²) in [5, 5.41) is 0. The van der Waals surface area contributed by atoms with Crippen molar-refractivity contribution < 1.29 is 9.53 Å². The standard InChI is InChI=1S/C12H24N2O2/c1-3-14(12(15)8-9-16-2)11-6-4-10(13)5-7-11/h10-11H,3-9,13H2,1-2H3. The van der Waals surface area contributed by atoms with Gasteiger partial charge in [-0.2, -0.15) is 0 Å². The van der Waals surface area contributed by atoms with E-state index in [9.17, 15) is 4.79 Å². The van der Waals surface area contributed by atoms with Gasteiger partial charge in [0, 0.05) is 25.7 Å². The van der Waals surface area contributed by atoms with Gasteiger partial charge in [-0.3, -0.25) is 4.79 Å². The van der Waals surface area contributed by atoms with Crippen LogP contribution in [0.25, 0.3) is 0 Å². The van der Waals surface area contributed by atoms with Gasteiger partial charge >= 0.3 is 0 Å². The molecule has 4 nitrogen and oxygen atoms in total. The molecule has 0 saturated heterocycles. The minimum absolute atomic E-state index is 0.213. The summed E-state index contributed by atoms with van der Waals surface area (Å²) in [5.74, 6) is 0.213. The molecule has 0 bridgehead atoms. The highest BCUT2D eigenvalue weighted by molar-refractivity contribution is 5.76. The molecule has 0 unspecified atom stereocenters. The first-order valence-electron chi connectivity index (χ1n) is 6.23. The quantitative estimate of drug-likeness (QED) is 0.767. The van der Waals surface area contributed by atoms with E-state index in [4.69, 9.17) is 10.5 Å². The Morgan fingerprint density at radius 2 is 2.00 bits per heavy atom. The Morgan fingerprint density at radius 3 is 2.50 bits per heavy atom. The SMILES string of the molecule is CCN(C(=O)CCOC)C1CCC(N)CC1. The summed E-state index contributed by atoms with van der Waals surface area (Å²) in [6.07, 6.45) is 4.67. The van der Waals surface area contributed by atoms with Gasteiger partial charge in [-0.15, -0.1) is 0 Å². The third kappa shape index (κ3) is 3.76. The lowest BCUT2D eigenvalue weighted by molar-refractivity contribution is -0.134. The van der Waals surface area contributed by atoms with E-state index in [1.54, 1.807) is 7.11 Å². The van der Waals surface area contributed by atoms with Gasteiger partial charge in [-0.05, 0) is 32.6 Å². The average molecular weight is 228 g/mol. The third-order valence-corrected chi connectivity index (χ3v) is 3.36. The van der Waals surface area contributed by atoms with Crippen LogP contribution < -0.4 is 5.73 Å². The second kappa shape index (κ2) is 6.86. The Labute approximate surface area is 98.1 Å². The van der Waals surface area contributed by atoms with Crippen LogP contribution in [0.15, 0.2) is 0 Å². The number of methoxy groups -OCH3 is 1. The van der Waals surface area contributed by atoms with Crippen LogP contribution in [-0.2, 0) is 9.53 Å². The molecular formula is C12H24N2O2. The van der Waals surface area contributed by atoms with E-state index < -0.39 is 0 Å². The summed E-state index contributed by atoms with van der Waals surface area (Å²) in [6.45, 7) is 3.35. The number of carbonyl (C=O) groups is 1. The van der Waals surface area contributed by atoms with Crippen molar-refractivity contribution in [3.05, 3.63) is 0 Å². The van der Waals surface area contributed by atoms with Gasteiger partial charge in [0.15, 0.2) is 0 Å². The van der Waals surface area contributed by atoms with E-state index >= 15 is 0 Å². The predicted octanol–water partition coefficient (Wildman–Crippen LogP) is 1.14. The van der Waals surface area contributed by atoms with Gasteiger partial charge < -0.3 is 15.4 Å². The zero-order valence-electron chi connectivity index (χ0n) is 10.4. The predicted molar refractivity (Wildman–Crippen MR) is 64.1 cm³/mol. The molecule has 0 heterocycles. The number of ether oxygens (including phenoxy) is 1. The number of nitrogens with zero attached hydrogens (tertiary/aromatic N) is 1. The maximum Gasteiger partial charge on any atom is 0.225 e. The lowest BCUT2D eigenvalue weighted by atomic mass is 9.90. The maximum absolute atomic E-state index is 11.9. The summed E-state index contributed by atoms with van der Waals surface area (Å²) in [6, 6.07) is 0.734. The second-order valence-electron chi connectivity index (χ2n) is 4.49. The van der Waals surface area contributed by atoms with Crippen LogP contribution in [0, 0.1) is 0 Å². The van der Waals surface area contributed by atoms with E-state index in [0.29, 0.717) is 25.1 Å². The fourth-order valence-corrected chi connectivity index (χ4v) is 2.38. The summed E-state index contributed by atoms with van der Waals surface area (Å²) in [5.41, 5.74) is 5.87. The highest BCUT2D eigenvalue weighted by atomic mass is 16.5. The highest BCUT2D eigenvalue weighted by Gasteiger charge is 2.26. The minimum atomic E-state index is 0.213. The zero-order chi connectivity index (χ0) is 12.0. The lowest BCUT2D eigenvalue weighted by Gasteiger charge is -2.35.